The Labute approximate surface area is 170 Å². The summed E-state index contributed by atoms with van der Waals surface area (Å²) < 4.78 is 5.16. The molecule has 3 aromatic carbocycles. The number of fused-ring (bicyclic) bond motifs is 1. The highest BCUT2D eigenvalue weighted by molar-refractivity contribution is 5.98. The maximum atomic E-state index is 12.4. The van der Waals surface area contributed by atoms with Crippen molar-refractivity contribution in [1.29, 1.82) is 0 Å². The molecule has 0 saturated carbocycles. The first-order valence-corrected chi connectivity index (χ1v) is 9.55. The lowest BCUT2D eigenvalue weighted by molar-refractivity contribution is -0.120. The number of benzene rings is 3. The summed E-state index contributed by atoms with van der Waals surface area (Å²) in [4.78, 5) is 16.7. The van der Waals surface area contributed by atoms with Gasteiger partial charge in [-0.2, -0.15) is 0 Å². The predicted octanol–water partition coefficient (Wildman–Crippen LogP) is 4.77. The Morgan fingerprint density at radius 3 is 2.48 bits per heavy atom. The highest BCUT2D eigenvalue weighted by Gasteiger charge is 2.10. The minimum atomic E-state index is -0.0145. The number of aromatic nitrogens is 1. The van der Waals surface area contributed by atoms with E-state index >= 15 is 0 Å². The van der Waals surface area contributed by atoms with Crippen LogP contribution in [-0.4, -0.2) is 18.0 Å². The van der Waals surface area contributed by atoms with Crippen LogP contribution in [0.25, 0.3) is 21.9 Å². The van der Waals surface area contributed by atoms with Crippen molar-refractivity contribution in [3.05, 3.63) is 96.3 Å². The van der Waals surface area contributed by atoms with Crippen LogP contribution in [0.3, 0.4) is 0 Å². The zero-order valence-electron chi connectivity index (χ0n) is 16.3. The molecule has 0 spiro atoms. The molecule has 144 valence electrons. The normalized spacial score (nSPS) is 10.7. The Morgan fingerprint density at radius 2 is 1.72 bits per heavy atom. The van der Waals surface area contributed by atoms with Gasteiger partial charge in [0.05, 0.1) is 13.5 Å². The lowest BCUT2D eigenvalue weighted by atomic mass is 9.96. The second kappa shape index (κ2) is 8.57. The molecule has 4 rings (SSSR count). The first-order chi connectivity index (χ1) is 14.2. The second-order valence-electron chi connectivity index (χ2n) is 6.86. The van der Waals surface area contributed by atoms with Gasteiger partial charge in [0.15, 0.2) is 0 Å². The van der Waals surface area contributed by atoms with Gasteiger partial charge in [-0.25, -0.2) is 0 Å². The first-order valence-electron chi connectivity index (χ1n) is 9.55. The van der Waals surface area contributed by atoms with Gasteiger partial charge in [0.1, 0.15) is 5.75 Å². The SMILES string of the molecule is COc1ccc(CC(=O)NCc2ccc(-c3ccccc3)c3ccncc23)cc1. The predicted molar refractivity (Wildman–Crippen MR) is 116 cm³/mol. The van der Waals surface area contributed by atoms with Crippen LogP contribution in [-0.2, 0) is 17.8 Å². The van der Waals surface area contributed by atoms with Gasteiger partial charge in [0.2, 0.25) is 5.91 Å². The molecule has 4 heteroatoms. The van der Waals surface area contributed by atoms with Crippen molar-refractivity contribution in [3.8, 4) is 16.9 Å². The van der Waals surface area contributed by atoms with E-state index in [1.54, 1.807) is 13.3 Å². The maximum absolute atomic E-state index is 12.4. The largest absolute Gasteiger partial charge is 0.497 e. The highest BCUT2D eigenvalue weighted by atomic mass is 16.5. The Balaban J connectivity index is 1.52. The summed E-state index contributed by atoms with van der Waals surface area (Å²) in [6, 6.07) is 24.1. The van der Waals surface area contributed by atoms with Gasteiger partial charge in [-0.1, -0.05) is 54.6 Å². The highest BCUT2D eigenvalue weighted by Crippen LogP contribution is 2.30. The number of rotatable bonds is 6. The summed E-state index contributed by atoms with van der Waals surface area (Å²) in [5.41, 5.74) is 4.33. The van der Waals surface area contributed by atoms with Gasteiger partial charge >= 0.3 is 0 Å². The summed E-state index contributed by atoms with van der Waals surface area (Å²) >= 11 is 0. The zero-order valence-corrected chi connectivity index (χ0v) is 16.3. The minimum absolute atomic E-state index is 0.0145. The van der Waals surface area contributed by atoms with Crippen molar-refractivity contribution in [2.45, 2.75) is 13.0 Å². The number of carbonyl (C=O) groups excluding carboxylic acids is 1. The number of pyridine rings is 1. The number of hydrogen-bond donors (Lipinski definition) is 1. The molecule has 0 saturated heterocycles. The van der Waals surface area contributed by atoms with E-state index in [-0.39, 0.29) is 5.91 Å². The third-order valence-electron chi connectivity index (χ3n) is 4.99. The maximum Gasteiger partial charge on any atom is 0.224 e. The molecule has 29 heavy (non-hydrogen) atoms. The number of carbonyl (C=O) groups is 1. The lowest BCUT2D eigenvalue weighted by Crippen LogP contribution is -2.24. The van der Waals surface area contributed by atoms with Crippen LogP contribution in [0.15, 0.2) is 85.2 Å². The Bertz CT molecular complexity index is 1120. The molecule has 0 aliphatic carbocycles. The fraction of sp³-hybridized carbons (Fsp3) is 0.120. The number of ether oxygens (including phenoxy) is 1. The van der Waals surface area contributed by atoms with Crippen LogP contribution in [0.4, 0.5) is 0 Å². The third-order valence-corrected chi connectivity index (χ3v) is 4.99. The van der Waals surface area contributed by atoms with E-state index in [0.29, 0.717) is 13.0 Å². The van der Waals surface area contributed by atoms with E-state index in [1.807, 2.05) is 54.7 Å². The molecule has 0 radical (unpaired) electrons. The number of nitrogens with one attached hydrogen (secondary N) is 1. The summed E-state index contributed by atoms with van der Waals surface area (Å²) in [5.74, 6) is 0.769. The van der Waals surface area contributed by atoms with Gasteiger partial charge in [-0.3, -0.25) is 9.78 Å². The molecule has 0 atom stereocenters. The molecule has 1 N–H and O–H groups in total. The second-order valence-corrected chi connectivity index (χ2v) is 6.86. The summed E-state index contributed by atoms with van der Waals surface area (Å²) in [6.45, 7) is 0.465. The van der Waals surface area contributed by atoms with Gasteiger partial charge in [-0.15, -0.1) is 0 Å². The average molecular weight is 382 g/mol. The molecule has 4 nitrogen and oxygen atoms in total. The van der Waals surface area contributed by atoms with Gasteiger partial charge < -0.3 is 10.1 Å². The van der Waals surface area contributed by atoms with E-state index in [0.717, 1.165) is 33.2 Å². The molecule has 1 heterocycles. The number of amides is 1. The smallest absolute Gasteiger partial charge is 0.224 e. The standard InChI is InChI=1S/C25H22N2O2/c1-29-21-10-7-18(8-11-21)15-25(28)27-16-20-9-12-22(19-5-3-2-4-6-19)23-13-14-26-17-24(20)23/h2-14,17H,15-16H2,1H3,(H,27,28). The van der Waals surface area contributed by atoms with Crippen molar-refractivity contribution < 1.29 is 9.53 Å². The third kappa shape index (κ3) is 4.27. The van der Waals surface area contributed by atoms with E-state index in [9.17, 15) is 4.79 Å². The minimum Gasteiger partial charge on any atom is -0.497 e. The Hall–Kier alpha value is -3.66. The molecule has 0 aliphatic rings. The van der Waals surface area contributed by atoms with Crippen molar-refractivity contribution in [2.75, 3.05) is 7.11 Å². The summed E-state index contributed by atoms with van der Waals surface area (Å²) in [6.07, 6.45) is 4.01. The Kier molecular flexibility index (Phi) is 5.52. The van der Waals surface area contributed by atoms with E-state index in [2.05, 4.69) is 34.6 Å². The topological polar surface area (TPSA) is 51.2 Å². The van der Waals surface area contributed by atoms with Crippen LogP contribution < -0.4 is 10.1 Å². The lowest BCUT2D eigenvalue weighted by Gasteiger charge is -2.12. The average Bonchev–Trinajstić information content (AvgIpc) is 2.78. The molecule has 1 amide bonds. The van der Waals surface area contributed by atoms with Gasteiger partial charge in [-0.05, 0) is 45.8 Å². The number of hydrogen-bond acceptors (Lipinski definition) is 3. The van der Waals surface area contributed by atoms with E-state index in [4.69, 9.17) is 4.74 Å². The number of methoxy groups -OCH3 is 1. The Morgan fingerprint density at radius 1 is 0.931 bits per heavy atom. The van der Waals surface area contributed by atoms with Gasteiger partial charge in [0, 0.05) is 24.3 Å². The molecule has 4 aromatic rings. The molecule has 0 aliphatic heterocycles. The van der Waals surface area contributed by atoms with Gasteiger partial charge in [0.25, 0.3) is 0 Å². The first kappa shape index (κ1) is 18.7. The molecule has 0 bridgehead atoms. The van der Waals surface area contributed by atoms with Crippen LogP contribution >= 0.6 is 0 Å². The molecular weight excluding hydrogens is 360 g/mol. The van der Waals surface area contributed by atoms with Crippen molar-refractivity contribution in [2.24, 2.45) is 0 Å². The van der Waals surface area contributed by atoms with Crippen LogP contribution in [0.5, 0.6) is 5.75 Å². The van der Waals surface area contributed by atoms with Crippen molar-refractivity contribution in [3.63, 3.8) is 0 Å². The van der Waals surface area contributed by atoms with Crippen molar-refractivity contribution in [1.82, 2.24) is 10.3 Å². The summed E-state index contributed by atoms with van der Waals surface area (Å²) in [5, 5.41) is 5.22. The molecule has 0 unspecified atom stereocenters. The van der Waals surface area contributed by atoms with Crippen LogP contribution in [0.2, 0.25) is 0 Å². The molecule has 1 aromatic heterocycles. The molecular formula is C25H22N2O2. The fourth-order valence-corrected chi connectivity index (χ4v) is 3.46. The zero-order chi connectivity index (χ0) is 20.1. The number of nitrogens with zero attached hydrogens (tertiary/aromatic N) is 1. The van der Waals surface area contributed by atoms with E-state index < -0.39 is 0 Å². The van der Waals surface area contributed by atoms with E-state index in [1.165, 1.54) is 5.56 Å². The fourth-order valence-electron chi connectivity index (χ4n) is 3.46. The van der Waals surface area contributed by atoms with Crippen LogP contribution in [0.1, 0.15) is 11.1 Å². The van der Waals surface area contributed by atoms with Crippen LogP contribution in [0, 0.1) is 0 Å². The monoisotopic (exact) mass is 382 g/mol. The summed E-state index contributed by atoms with van der Waals surface area (Å²) in [7, 11) is 1.63. The van der Waals surface area contributed by atoms with Crippen molar-refractivity contribution >= 4 is 16.7 Å². The quantitative estimate of drug-likeness (QED) is 0.523. The molecule has 0 fully saturated rings.